The third-order valence-electron chi connectivity index (χ3n) is 6.45. The van der Waals surface area contributed by atoms with Crippen LogP contribution in [0.15, 0.2) is 40.7 Å². The van der Waals surface area contributed by atoms with Gasteiger partial charge in [0.15, 0.2) is 5.13 Å². The fourth-order valence-electron chi connectivity index (χ4n) is 4.23. The number of anilines is 1. The van der Waals surface area contributed by atoms with Gasteiger partial charge in [0.05, 0.1) is 23.6 Å². The molecule has 0 fully saturated rings. The second kappa shape index (κ2) is 10.4. The number of pyridine rings is 1. The van der Waals surface area contributed by atoms with Crippen molar-refractivity contribution < 1.29 is 9.53 Å². The van der Waals surface area contributed by atoms with Crippen LogP contribution in [0.25, 0.3) is 11.3 Å². The number of hydrogen-bond donors (Lipinski definition) is 1. The fourth-order valence-corrected chi connectivity index (χ4v) is 5.85. The molecule has 6 nitrogen and oxygen atoms in total. The minimum Gasteiger partial charge on any atom is -0.497 e. The number of nitrogens with zero attached hydrogens (tertiary/aromatic N) is 3. The number of methoxy groups -OCH3 is 1. The minimum absolute atomic E-state index is 0.169. The molecule has 1 aliphatic carbocycles. The van der Waals surface area contributed by atoms with Crippen molar-refractivity contribution in [1.82, 2.24) is 9.97 Å². The summed E-state index contributed by atoms with van der Waals surface area (Å²) in [7, 11) is 1.63. The summed E-state index contributed by atoms with van der Waals surface area (Å²) in [5, 5.41) is 15.3. The third kappa shape index (κ3) is 5.85. The standard InChI is InChI=1S/C27H30N4O2S2/c1-16(24(32)31-26-30-23(15-34-26)17-7-6-8-21(13-17)33-5)35-25-19(14-28)11-18-12-20(27(2,3)4)9-10-22(18)29-25/h6-8,11,13,15-16,20H,9-10,12H2,1-5H3,(H,30,31,32). The number of thiazole rings is 1. The van der Waals surface area contributed by atoms with Crippen LogP contribution in [0.2, 0.25) is 0 Å². The van der Waals surface area contributed by atoms with Crippen LogP contribution < -0.4 is 10.1 Å². The lowest BCUT2D eigenvalue weighted by Crippen LogP contribution is -2.27. The second-order valence-electron chi connectivity index (χ2n) is 9.88. The van der Waals surface area contributed by atoms with Crippen molar-refractivity contribution in [3.05, 3.63) is 52.5 Å². The van der Waals surface area contributed by atoms with Gasteiger partial charge >= 0.3 is 0 Å². The van der Waals surface area contributed by atoms with Gasteiger partial charge in [0.25, 0.3) is 0 Å². The molecule has 0 bridgehead atoms. The van der Waals surface area contributed by atoms with E-state index in [0.717, 1.165) is 42.0 Å². The summed E-state index contributed by atoms with van der Waals surface area (Å²) in [6.45, 7) is 8.64. The Labute approximate surface area is 215 Å². The number of nitriles is 1. The van der Waals surface area contributed by atoms with Crippen LogP contribution >= 0.6 is 23.1 Å². The molecule has 182 valence electrons. The van der Waals surface area contributed by atoms with Crippen molar-refractivity contribution in [3.8, 4) is 23.1 Å². The molecule has 1 N–H and O–H groups in total. The number of benzene rings is 1. The average molecular weight is 507 g/mol. The van der Waals surface area contributed by atoms with Gasteiger partial charge in [-0.15, -0.1) is 11.3 Å². The predicted octanol–water partition coefficient (Wildman–Crippen LogP) is 6.36. The molecule has 2 aromatic heterocycles. The number of aryl methyl sites for hydroxylation is 1. The first kappa shape index (κ1) is 25.2. The van der Waals surface area contributed by atoms with Gasteiger partial charge in [0.2, 0.25) is 5.91 Å². The van der Waals surface area contributed by atoms with E-state index >= 15 is 0 Å². The minimum atomic E-state index is -0.428. The number of amides is 1. The molecule has 8 heteroatoms. The highest BCUT2D eigenvalue weighted by Gasteiger charge is 2.30. The summed E-state index contributed by atoms with van der Waals surface area (Å²) in [5.74, 6) is 1.16. The Morgan fingerprint density at radius 2 is 2.11 bits per heavy atom. The SMILES string of the molecule is COc1cccc(-c2csc(NC(=O)C(C)Sc3nc4c(cc3C#N)CC(C(C)(C)C)CC4)n2)c1. The van der Waals surface area contributed by atoms with Crippen molar-refractivity contribution in [2.45, 2.75) is 57.2 Å². The normalized spacial score (nSPS) is 16.2. The Kier molecular flexibility index (Phi) is 7.48. The molecule has 1 aliphatic rings. The van der Waals surface area contributed by atoms with Crippen LogP contribution in [-0.4, -0.2) is 28.2 Å². The number of fused-ring (bicyclic) bond motifs is 1. The summed E-state index contributed by atoms with van der Waals surface area (Å²) < 4.78 is 5.28. The highest BCUT2D eigenvalue weighted by molar-refractivity contribution is 8.00. The monoisotopic (exact) mass is 506 g/mol. The van der Waals surface area contributed by atoms with E-state index < -0.39 is 5.25 Å². The number of thioether (sulfide) groups is 1. The summed E-state index contributed by atoms with van der Waals surface area (Å²) in [6.07, 6.45) is 2.94. The van der Waals surface area contributed by atoms with Gasteiger partial charge < -0.3 is 10.1 Å². The number of ether oxygens (including phenoxy) is 1. The number of nitrogens with one attached hydrogen (secondary N) is 1. The molecule has 2 unspecified atom stereocenters. The summed E-state index contributed by atoms with van der Waals surface area (Å²) >= 11 is 2.70. The second-order valence-corrected chi connectivity index (χ2v) is 12.1. The molecule has 1 amide bonds. The Balaban J connectivity index is 1.45. The van der Waals surface area contributed by atoms with Crippen molar-refractivity contribution in [1.29, 1.82) is 5.26 Å². The Bertz CT molecular complexity index is 1270. The van der Waals surface area contributed by atoms with Gasteiger partial charge in [0, 0.05) is 16.6 Å². The lowest BCUT2D eigenvalue weighted by molar-refractivity contribution is -0.115. The summed E-state index contributed by atoms with van der Waals surface area (Å²) in [6, 6.07) is 11.9. The topological polar surface area (TPSA) is 87.9 Å². The zero-order valence-electron chi connectivity index (χ0n) is 20.7. The quantitative estimate of drug-likeness (QED) is 0.392. The molecule has 35 heavy (non-hydrogen) atoms. The van der Waals surface area contributed by atoms with Crippen molar-refractivity contribution in [2.75, 3.05) is 12.4 Å². The fraction of sp³-hybridized carbons (Fsp3) is 0.407. The van der Waals surface area contributed by atoms with E-state index in [-0.39, 0.29) is 11.3 Å². The van der Waals surface area contributed by atoms with Gasteiger partial charge in [-0.2, -0.15) is 5.26 Å². The van der Waals surface area contributed by atoms with E-state index in [1.807, 2.05) is 42.6 Å². The maximum atomic E-state index is 12.9. The number of aromatic nitrogens is 2. The third-order valence-corrected chi connectivity index (χ3v) is 8.31. The van der Waals surface area contributed by atoms with Crippen LogP contribution in [0.5, 0.6) is 5.75 Å². The van der Waals surface area contributed by atoms with Crippen molar-refractivity contribution in [3.63, 3.8) is 0 Å². The molecule has 0 radical (unpaired) electrons. The first-order chi connectivity index (χ1) is 16.7. The molecule has 1 aromatic carbocycles. The van der Waals surface area contributed by atoms with E-state index in [4.69, 9.17) is 9.72 Å². The zero-order valence-corrected chi connectivity index (χ0v) is 22.3. The van der Waals surface area contributed by atoms with Gasteiger partial charge in [-0.25, -0.2) is 9.97 Å². The van der Waals surface area contributed by atoms with E-state index in [1.54, 1.807) is 7.11 Å². The highest BCUT2D eigenvalue weighted by atomic mass is 32.2. The van der Waals surface area contributed by atoms with E-state index in [9.17, 15) is 10.1 Å². The van der Waals surface area contributed by atoms with E-state index in [2.05, 4.69) is 37.1 Å². The molecular formula is C27H30N4O2S2. The lowest BCUT2D eigenvalue weighted by atomic mass is 9.71. The molecule has 0 saturated heterocycles. The van der Waals surface area contributed by atoms with Crippen LogP contribution in [0.1, 0.15) is 50.9 Å². The number of rotatable bonds is 6. The average Bonchev–Trinajstić information content (AvgIpc) is 3.31. The zero-order chi connectivity index (χ0) is 25.2. The summed E-state index contributed by atoms with van der Waals surface area (Å²) in [4.78, 5) is 22.3. The molecule has 3 aromatic rings. The predicted molar refractivity (Wildman–Crippen MR) is 142 cm³/mol. The largest absolute Gasteiger partial charge is 0.497 e. The van der Waals surface area contributed by atoms with Crippen LogP contribution in [0.4, 0.5) is 5.13 Å². The number of carbonyl (C=O) groups excluding carboxylic acids is 1. The van der Waals surface area contributed by atoms with Crippen LogP contribution in [0, 0.1) is 22.7 Å². The molecule has 4 rings (SSSR count). The molecule has 2 heterocycles. The lowest BCUT2D eigenvalue weighted by Gasteiger charge is -2.34. The van der Waals surface area contributed by atoms with Crippen LogP contribution in [-0.2, 0) is 17.6 Å². The highest BCUT2D eigenvalue weighted by Crippen LogP contribution is 2.38. The molecule has 0 spiro atoms. The van der Waals surface area contributed by atoms with Crippen molar-refractivity contribution in [2.24, 2.45) is 11.3 Å². The van der Waals surface area contributed by atoms with Gasteiger partial charge in [-0.05, 0) is 61.3 Å². The molecule has 0 aliphatic heterocycles. The van der Waals surface area contributed by atoms with E-state index in [1.165, 1.54) is 28.7 Å². The van der Waals surface area contributed by atoms with Gasteiger partial charge in [-0.1, -0.05) is 44.7 Å². The summed E-state index contributed by atoms with van der Waals surface area (Å²) in [5.41, 5.74) is 4.70. The molecular weight excluding hydrogens is 476 g/mol. The smallest absolute Gasteiger partial charge is 0.239 e. The van der Waals surface area contributed by atoms with Crippen molar-refractivity contribution >= 4 is 34.1 Å². The maximum Gasteiger partial charge on any atom is 0.239 e. The van der Waals surface area contributed by atoms with Gasteiger partial charge in [0.1, 0.15) is 16.8 Å². The van der Waals surface area contributed by atoms with Gasteiger partial charge in [-0.3, -0.25) is 4.79 Å². The van der Waals surface area contributed by atoms with Crippen LogP contribution in [0.3, 0.4) is 0 Å². The number of carbonyl (C=O) groups is 1. The Morgan fingerprint density at radius 1 is 1.31 bits per heavy atom. The Morgan fingerprint density at radius 3 is 2.83 bits per heavy atom. The van der Waals surface area contributed by atoms with E-state index in [0.29, 0.717) is 21.6 Å². The molecule has 0 saturated carbocycles. The maximum absolute atomic E-state index is 12.9. The number of hydrogen-bond acceptors (Lipinski definition) is 7. The first-order valence-electron chi connectivity index (χ1n) is 11.7. The molecule has 2 atom stereocenters. The Hall–Kier alpha value is -2.89. The first-order valence-corrected chi connectivity index (χ1v) is 13.4.